The molecule has 1 heterocycles. The first-order chi connectivity index (χ1) is 6.85. The number of hydrogen-bond acceptors (Lipinski definition) is 2. The van der Waals surface area contributed by atoms with Gasteiger partial charge in [-0.05, 0) is 49.3 Å². The van der Waals surface area contributed by atoms with E-state index in [1.54, 1.807) is 6.26 Å². The molecule has 0 atom stereocenters. The molecule has 1 aliphatic carbocycles. The highest BCUT2D eigenvalue weighted by Crippen LogP contribution is 2.47. The number of hydrogen-bond donors (Lipinski definition) is 1. The number of rotatable bonds is 6. The number of furan rings is 1. The van der Waals surface area contributed by atoms with Gasteiger partial charge in [0.05, 0.1) is 12.5 Å². The Labute approximate surface area is 85.7 Å². The predicted molar refractivity (Wildman–Crippen MR) is 57.2 cm³/mol. The van der Waals surface area contributed by atoms with Crippen LogP contribution < -0.4 is 5.32 Å². The van der Waals surface area contributed by atoms with Crippen molar-refractivity contribution in [1.82, 2.24) is 5.32 Å². The molecule has 14 heavy (non-hydrogen) atoms. The average Bonchev–Trinajstić information content (AvgIpc) is 2.75. The minimum Gasteiger partial charge on any atom is -0.472 e. The maximum absolute atomic E-state index is 5.09. The Balaban J connectivity index is 1.79. The summed E-state index contributed by atoms with van der Waals surface area (Å²) in [4.78, 5) is 0. The van der Waals surface area contributed by atoms with E-state index in [2.05, 4.69) is 18.3 Å². The van der Waals surface area contributed by atoms with Gasteiger partial charge in [0.1, 0.15) is 0 Å². The Hall–Kier alpha value is -0.760. The van der Waals surface area contributed by atoms with Crippen molar-refractivity contribution < 1.29 is 4.42 Å². The van der Waals surface area contributed by atoms with Gasteiger partial charge in [-0.25, -0.2) is 0 Å². The van der Waals surface area contributed by atoms with Gasteiger partial charge in [0, 0.05) is 6.54 Å². The molecule has 1 saturated carbocycles. The molecule has 0 spiro atoms. The highest BCUT2D eigenvalue weighted by molar-refractivity contribution is 5.12. The molecule has 0 unspecified atom stereocenters. The van der Waals surface area contributed by atoms with Crippen LogP contribution in [0, 0.1) is 5.41 Å². The van der Waals surface area contributed by atoms with Gasteiger partial charge in [-0.2, -0.15) is 0 Å². The van der Waals surface area contributed by atoms with Gasteiger partial charge in [-0.1, -0.05) is 6.92 Å². The Kier molecular flexibility index (Phi) is 2.92. The average molecular weight is 193 g/mol. The fraction of sp³-hybridized carbons (Fsp3) is 0.667. The normalized spacial score (nSPS) is 18.4. The minimum atomic E-state index is 0.555. The van der Waals surface area contributed by atoms with Crippen LogP contribution in [0.3, 0.4) is 0 Å². The molecule has 2 heteroatoms. The second kappa shape index (κ2) is 4.18. The van der Waals surface area contributed by atoms with Crippen molar-refractivity contribution in [1.29, 1.82) is 0 Å². The molecule has 1 aliphatic rings. The summed E-state index contributed by atoms with van der Waals surface area (Å²) >= 11 is 0. The molecule has 1 aromatic rings. The second-order valence-electron chi connectivity index (χ2n) is 4.49. The van der Waals surface area contributed by atoms with Crippen LogP contribution in [0.15, 0.2) is 23.0 Å². The van der Waals surface area contributed by atoms with E-state index in [0.717, 1.165) is 6.54 Å². The van der Waals surface area contributed by atoms with E-state index in [4.69, 9.17) is 4.42 Å². The summed E-state index contributed by atoms with van der Waals surface area (Å²) in [7, 11) is 0. The van der Waals surface area contributed by atoms with Gasteiger partial charge in [0.2, 0.25) is 0 Å². The smallest absolute Gasteiger partial charge is 0.0934 e. The fourth-order valence-electron chi connectivity index (χ4n) is 1.95. The van der Waals surface area contributed by atoms with Crippen molar-refractivity contribution in [2.75, 3.05) is 13.1 Å². The van der Waals surface area contributed by atoms with Crippen molar-refractivity contribution in [3.8, 4) is 0 Å². The summed E-state index contributed by atoms with van der Waals surface area (Å²) < 4.78 is 5.09. The van der Waals surface area contributed by atoms with Crippen LogP contribution >= 0.6 is 0 Å². The van der Waals surface area contributed by atoms with Crippen molar-refractivity contribution >= 4 is 0 Å². The number of nitrogens with one attached hydrogen (secondary N) is 1. The zero-order valence-electron chi connectivity index (χ0n) is 8.88. The third-order valence-corrected chi connectivity index (χ3v) is 3.04. The van der Waals surface area contributed by atoms with Gasteiger partial charge in [0.25, 0.3) is 0 Å². The van der Waals surface area contributed by atoms with Crippen molar-refractivity contribution in [2.45, 2.75) is 32.6 Å². The molecule has 0 radical (unpaired) electrons. The lowest BCUT2D eigenvalue weighted by Crippen LogP contribution is -2.26. The molecule has 2 nitrogen and oxygen atoms in total. The summed E-state index contributed by atoms with van der Waals surface area (Å²) in [6.45, 7) is 4.53. The summed E-state index contributed by atoms with van der Waals surface area (Å²) in [5.74, 6) is 0. The third kappa shape index (κ3) is 2.38. The van der Waals surface area contributed by atoms with Gasteiger partial charge in [-0.3, -0.25) is 0 Å². The molecule has 0 aromatic carbocycles. The molecular formula is C12H19NO. The van der Waals surface area contributed by atoms with E-state index >= 15 is 0 Å². The molecule has 1 N–H and O–H groups in total. The fourth-order valence-corrected chi connectivity index (χ4v) is 1.95. The highest BCUT2D eigenvalue weighted by Gasteiger charge is 2.41. The topological polar surface area (TPSA) is 25.2 Å². The molecule has 0 amide bonds. The first-order valence-electron chi connectivity index (χ1n) is 5.56. The first-order valence-corrected chi connectivity index (χ1v) is 5.56. The van der Waals surface area contributed by atoms with Crippen LogP contribution in [-0.4, -0.2) is 13.1 Å². The largest absolute Gasteiger partial charge is 0.472 e. The van der Waals surface area contributed by atoms with Crippen molar-refractivity contribution in [2.24, 2.45) is 5.41 Å². The van der Waals surface area contributed by atoms with Gasteiger partial charge in [0.15, 0.2) is 0 Å². The highest BCUT2D eigenvalue weighted by atomic mass is 16.3. The molecule has 0 bridgehead atoms. The van der Waals surface area contributed by atoms with Gasteiger partial charge in [-0.15, -0.1) is 0 Å². The van der Waals surface area contributed by atoms with E-state index in [0.29, 0.717) is 5.41 Å². The van der Waals surface area contributed by atoms with E-state index in [-0.39, 0.29) is 0 Å². The Morgan fingerprint density at radius 2 is 2.36 bits per heavy atom. The SMILES string of the molecule is CCCNCC1(Cc2ccoc2)CC1. The van der Waals surface area contributed by atoms with Crippen LogP contribution in [0.2, 0.25) is 0 Å². The van der Waals surface area contributed by atoms with E-state index in [1.807, 2.05) is 6.26 Å². The zero-order valence-corrected chi connectivity index (χ0v) is 8.88. The van der Waals surface area contributed by atoms with Gasteiger partial charge >= 0.3 is 0 Å². The van der Waals surface area contributed by atoms with Crippen molar-refractivity contribution in [3.05, 3.63) is 24.2 Å². The molecule has 78 valence electrons. The quantitative estimate of drug-likeness (QED) is 0.702. The first kappa shape index (κ1) is 9.78. The van der Waals surface area contributed by atoms with Crippen LogP contribution in [0.5, 0.6) is 0 Å². The van der Waals surface area contributed by atoms with Crippen LogP contribution in [0.1, 0.15) is 31.7 Å². The Morgan fingerprint density at radius 1 is 1.50 bits per heavy atom. The molecule has 0 saturated heterocycles. The molecule has 2 rings (SSSR count). The summed E-state index contributed by atoms with van der Waals surface area (Å²) in [6.07, 6.45) is 8.79. The summed E-state index contributed by atoms with van der Waals surface area (Å²) in [5.41, 5.74) is 1.90. The molecule has 1 fully saturated rings. The van der Waals surface area contributed by atoms with Crippen LogP contribution in [0.25, 0.3) is 0 Å². The maximum Gasteiger partial charge on any atom is 0.0934 e. The van der Waals surface area contributed by atoms with E-state index in [1.165, 1.54) is 37.8 Å². The lowest BCUT2D eigenvalue weighted by Gasteiger charge is -2.14. The summed E-state index contributed by atoms with van der Waals surface area (Å²) in [5, 5.41) is 3.52. The molecule has 0 aliphatic heterocycles. The lowest BCUT2D eigenvalue weighted by molar-refractivity contribution is 0.452. The van der Waals surface area contributed by atoms with E-state index < -0.39 is 0 Å². The maximum atomic E-state index is 5.09. The molecule has 1 aromatic heterocycles. The monoisotopic (exact) mass is 193 g/mol. The van der Waals surface area contributed by atoms with E-state index in [9.17, 15) is 0 Å². The lowest BCUT2D eigenvalue weighted by atomic mass is 9.98. The third-order valence-electron chi connectivity index (χ3n) is 3.04. The predicted octanol–water partition coefficient (Wildman–Crippen LogP) is 2.60. The minimum absolute atomic E-state index is 0.555. The van der Waals surface area contributed by atoms with Crippen LogP contribution in [-0.2, 0) is 6.42 Å². The zero-order chi connectivity index (χ0) is 9.86. The van der Waals surface area contributed by atoms with Gasteiger partial charge < -0.3 is 9.73 Å². The second-order valence-corrected chi connectivity index (χ2v) is 4.49. The standard InChI is InChI=1S/C12H19NO/c1-2-6-13-10-12(4-5-12)8-11-3-7-14-9-11/h3,7,9,13H,2,4-6,8,10H2,1H3. The van der Waals surface area contributed by atoms with Crippen molar-refractivity contribution in [3.63, 3.8) is 0 Å². The summed E-state index contributed by atoms with van der Waals surface area (Å²) in [6, 6.07) is 2.08. The molecular weight excluding hydrogens is 174 g/mol. The Morgan fingerprint density at radius 3 is 2.93 bits per heavy atom. The Bertz CT molecular complexity index is 262. The van der Waals surface area contributed by atoms with Crippen LogP contribution in [0.4, 0.5) is 0 Å².